The van der Waals surface area contributed by atoms with E-state index >= 15 is 0 Å². The fourth-order valence-electron chi connectivity index (χ4n) is 1.81. The number of carbonyl (C=O) groups excluding carboxylic acids is 1. The number of hydrogen-bond donors (Lipinski definition) is 1. The number of rotatable bonds is 4. The van der Waals surface area contributed by atoms with Crippen molar-refractivity contribution in [2.75, 3.05) is 0 Å². The number of benzene rings is 2. The minimum atomic E-state index is -4.68. The third-order valence-corrected chi connectivity index (χ3v) is 3.38. The predicted octanol–water partition coefficient (Wildman–Crippen LogP) is 4.68. The molecule has 2 N–H and O–H groups in total. The largest absolute Gasteiger partial charge is 0.430 e. The van der Waals surface area contributed by atoms with Crippen LogP contribution in [0.2, 0.25) is 5.02 Å². The van der Waals surface area contributed by atoms with Crippen LogP contribution in [0, 0.1) is 0 Å². The van der Waals surface area contributed by atoms with E-state index in [1.807, 2.05) is 0 Å². The third kappa shape index (κ3) is 4.45. The maximum Gasteiger partial charge on any atom is 0.430 e. The van der Waals surface area contributed by atoms with E-state index in [1.165, 1.54) is 24.3 Å². The molecule has 3 nitrogen and oxygen atoms in total. The molecule has 0 radical (unpaired) electrons. The van der Waals surface area contributed by atoms with Crippen LogP contribution in [0.4, 0.5) is 18.9 Å². The molecule has 0 aliphatic heterocycles. The van der Waals surface area contributed by atoms with Gasteiger partial charge in [0, 0.05) is 11.1 Å². The Morgan fingerprint density at radius 2 is 1.71 bits per heavy atom. The van der Waals surface area contributed by atoms with Gasteiger partial charge in [-0.1, -0.05) is 48.0 Å². The summed E-state index contributed by atoms with van der Waals surface area (Å²) < 4.78 is 38.2. The summed E-state index contributed by atoms with van der Waals surface area (Å²) in [7, 11) is 0. The molecular weight excluding hydrogens is 341 g/mol. The molecule has 0 aliphatic rings. The van der Waals surface area contributed by atoms with Crippen molar-refractivity contribution in [3.63, 3.8) is 0 Å². The summed E-state index contributed by atoms with van der Waals surface area (Å²) in [5.74, 6) is 0. The molecule has 2 rings (SSSR count). The Balaban J connectivity index is 2.56. The normalized spacial score (nSPS) is 13.0. The van der Waals surface area contributed by atoms with Crippen molar-refractivity contribution in [1.29, 1.82) is 0 Å². The standard InChI is InChI=1S/C17H12ClF3N2O/c18-13-3-1-2-4-14(13)23-15(9-16(22)17(19,20)21)12-7-5-11(10-24)6-8-12/h1-10H,22H2. The summed E-state index contributed by atoms with van der Waals surface area (Å²) in [5.41, 5.74) is 4.87. The first-order chi connectivity index (χ1) is 11.3. The van der Waals surface area contributed by atoms with Gasteiger partial charge in [0.05, 0.1) is 16.4 Å². The molecule has 0 aliphatic carbocycles. The maximum absolute atomic E-state index is 12.7. The van der Waals surface area contributed by atoms with Crippen LogP contribution in [-0.2, 0) is 0 Å². The molecule has 2 aromatic rings. The summed E-state index contributed by atoms with van der Waals surface area (Å²) in [5, 5.41) is 0.290. The van der Waals surface area contributed by atoms with E-state index in [2.05, 4.69) is 4.99 Å². The topological polar surface area (TPSA) is 55.4 Å². The Hall–Kier alpha value is -2.60. The number of aldehydes is 1. The number of nitrogens with two attached hydrogens (primary N) is 1. The van der Waals surface area contributed by atoms with Crippen molar-refractivity contribution in [2.45, 2.75) is 6.18 Å². The fraction of sp³-hybridized carbons (Fsp3) is 0.0588. The first kappa shape index (κ1) is 17.7. The van der Waals surface area contributed by atoms with E-state index in [9.17, 15) is 18.0 Å². The fourth-order valence-corrected chi connectivity index (χ4v) is 1.99. The lowest BCUT2D eigenvalue weighted by Gasteiger charge is -2.09. The van der Waals surface area contributed by atoms with Crippen LogP contribution >= 0.6 is 11.6 Å². The van der Waals surface area contributed by atoms with Crippen molar-refractivity contribution in [2.24, 2.45) is 10.7 Å². The maximum atomic E-state index is 12.7. The van der Waals surface area contributed by atoms with E-state index < -0.39 is 11.9 Å². The second-order valence-corrected chi connectivity index (χ2v) is 5.19. The number of hydrogen-bond acceptors (Lipinski definition) is 3. The van der Waals surface area contributed by atoms with E-state index in [1.54, 1.807) is 24.3 Å². The van der Waals surface area contributed by atoms with E-state index in [-0.39, 0.29) is 5.71 Å². The molecular formula is C17H12ClF3N2O. The predicted molar refractivity (Wildman–Crippen MR) is 87.8 cm³/mol. The third-order valence-electron chi connectivity index (χ3n) is 3.06. The average Bonchev–Trinajstić information content (AvgIpc) is 2.55. The molecule has 0 bridgehead atoms. The zero-order valence-corrected chi connectivity index (χ0v) is 13.0. The molecule has 7 heteroatoms. The van der Waals surface area contributed by atoms with Crippen LogP contribution in [0.5, 0.6) is 0 Å². The van der Waals surface area contributed by atoms with Gasteiger partial charge in [0.25, 0.3) is 0 Å². The molecule has 0 atom stereocenters. The molecule has 0 saturated heterocycles. The summed E-state index contributed by atoms with van der Waals surface area (Å²) in [6, 6.07) is 12.4. The highest BCUT2D eigenvalue weighted by atomic mass is 35.5. The number of allylic oxidation sites excluding steroid dienone is 2. The van der Waals surface area contributed by atoms with Crippen LogP contribution in [0.1, 0.15) is 15.9 Å². The van der Waals surface area contributed by atoms with Gasteiger partial charge < -0.3 is 5.73 Å². The first-order valence-electron chi connectivity index (χ1n) is 6.74. The lowest BCUT2D eigenvalue weighted by Crippen LogP contribution is -2.20. The second-order valence-electron chi connectivity index (χ2n) is 4.79. The molecule has 24 heavy (non-hydrogen) atoms. The highest BCUT2D eigenvalue weighted by molar-refractivity contribution is 6.33. The van der Waals surface area contributed by atoms with Gasteiger partial charge in [0.15, 0.2) is 0 Å². The molecule has 0 aromatic heterocycles. The van der Waals surface area contributed by atoms with Gasteiger partial charge in [-0.3, -0.25) is 4.79 Å². The minimum absolute atomic E-state index is 0.0182. The average molecular weight is 353 g/mol. The zero-order valence-electron chi connectivity index (χ0n) is 12.2. The second kappa shape index (κ2) is 7.31. The van der Waals surface area contributed by atoms with Gasteiger partial charge in [-0.25, -0.2) is 4.99 Å². The summed E-state index contributed by atoms with van der Waals surface area (Å²) >= 11 is 6.00. The highest BCUT2D eigenvalue weighted by Gasteiger charge is 2.31. The molecule has 0 amide bonds. The molecule has 0 fully saturated rings. The Morgan fingerprint density at radius 3 is 2.25 bits per heavy atom. The van der Waals surface area contributed by atoms with Crippen molar-refractivity contribution < 1.29 is 18.0 Å². The van der Waals surface area contributed by atoms with Crippen LogP contribution in [0.3, 0.4) is 0 Å². The minimum Gasteiger partial charge on any atom is -0.395 e. The Bertz CT molecular complexity index is 796. The SMILES string of the molecule is NC(=CC(=Nc1ccccc1Cl)c1ccc(C=O)cc1)C(F)(F)F. The van der Waals surface area contributed by atoms with Gasteiger partial charge in [-0.15, -0.1) is 0 Å². The van der Waals surface area contributed by atoms with Crippen molar-refractivity contribution in [1.82, 2.24) is 0 Å². The van der Waals surface area contributed by atoms with Crippen LogP contribution < -0.4 is 5.73 Å². The van der Waals surface area contributed by atoms with E-state index in [4.69, 9.17) is 17.3 Å². The Kier molecular flexibility index (Phi) is 5.41. The van der Waals surface area contributed by atoms with Crippen molar-refractivity contribution in [3.8, 4) is 0 Å². The summed E-state index contributed by atoms with van der Waals surface area (Å²) in [6.45, 7) is 0. The molecule has 0 saturated carbocycles. The lowest BCUT2D eigenvalue weighted by atomic mass is 10.1. The molecule has 0 heterocycles. The lowest BCUT2D eigenvalue weighted by molar-refractivity contribution is -0.0925. The number of aliphatic imine (C=N–C) groups is 1. The summed E-state index contributed by atoms with van der Waals surface area (Å²) in [4.78, 5) is 14.9. The highest BCUT2D eigenvalue weighted by Crippen LogP contribution is 2.27. The molecule has 124 valence electrons. The Morgan fingerprint density at radius 1 is 1.08 bits per heavy atom. The van der Waals surface area contributed by atoms with E-state index in [0.29, 0.717) is 28.1 Å². The van der Waals surface area contributed by atoms with Crippen LogP contribution in [0.25, 0.3) is 0 Å². The van der Waals surface area contributed by atoms with E-state index in [0.717, 1.165) is 6.08 Å². The van der Waals surface area contributed by atoms with Gasteiger partial charge in [-0.05, 0) is 18.2 Å². The number of para-hydroxylation sites is 1. The number of alkyl halides is 3. The number of nitrogens with zero attached hydrogens (tertiary/aromatic N) is 1. The quantitative estimate of drug-likeness (QED) is 0.641. The van der Waals surface area contributed by atoms with Crippen molar-refractivity contribution >= 4 is 29.3 Å². The van der Waals surface area contributed by atoms with Gasteiger partial charge >= 0.3 is 6.18 Å². The van der Waals surface area contributed by atoms with Crippen molar-refractivity contribution in [3.05, 3.63) is 76.5 Å². The van der Waals surface area contributed by atoms with Gasteiger partial charge in [0.2, 0.25) is 0 Å². The molecule has 0 spiro atoms. The number of halogens is 4. The zero-order chi connectivity index (χ0) is 17.7. The van der Waals surface area contributed by atoms with Crippen LogP contribution in [-0.4, -0.2) is 18.2 Å². The monoisotopic (exact) mass is 352 g/mol. The Labute approximate surface area is 141 Å². The first-order valence-corrected chi connectivity index (χ1v) is 7.12. The van der Waals surface area contributed by atoms with Gasteiger partial charge in [-0.2, -0.15) is 13.2 Å². The smallest absolute Gasteiger partial charge is 0.395 e. The molecule has 2 aromatic carbocycles. The van der Waals surface area contributed by atoms with Gasteiger partial charge in [0.1, 0.15) is 12.0 Å². The van der Waals surface area contributed by atoms with Crippen LogP contribution in [0.15, 0.2) is 65.3 Å². The molecule has 0 unspecified atom stereocenters. The summed E-state index contributed by atoms with van der Waals surface area (Å²) in [6.07, 6.45) is -3.31. The number of carbonyl (C=O) groups is 1.